The van der Waals surface area contributed by atoms with Gasteiger partial charge in [0, 0.05) is 44.0 Å². The second-order valence-electron chi connectivity index (χ2n) is 9.49. The Morgan fingerprint density at radius 1 is 0.719 bits per heavy atom. The minimum absolute atomic E-state index is 0.780. The first-order chi connectivity index (χ1) is 15.7. The monoisotopic (exact) mass is 588 g/mol. The van der Waals surface area contributed by atoms with Gasteiger partial charge in [-0.3, -0.25) is 0 Å². The van der Waals surface area contributed by atoms with Gasteiger partial charge >= 0.3 is 0 Å². The predicted molar refractivity (Wildman–Crippen MR) is 171 cm³/mol. The van der Waals surface area contributed by atoms with Crippen LogP contribution in [0.15, 0.2) is 0 Å². The zero-order valence-corrected chi connectivity index (χ0v) is 26.6. The lowest BCUT2D eigenvalue weighted by Crippen LogP contribution is -2.23. The summed E-state index contributed by atoms with van der Waals surface area (Å²) in [5.41, 5.74) is 0. The Bertz CT molecular complexity index is 454. The van der Waals surface area contributed by atoms with Gasteiger partial charge in [-0.15, -0.1) is 47.0 Å². The largest absolute Gasteiger partial charge is 0.178 e. The quantitative estimate of drug-likeness (QED) is 0.193. The van der Waals surface area contributed by atoms with E-state index in [1.54, 1.807) is 0 Å². The summed E-state index contributed by atoms with van der Waals surface area (Å²) in [6.07, 6.45) is 11.4. The van der Waals surface area contributed by atoms with Gasteiger partial charge in [0.1, 0.15) is 0 Å². The molecule has 0 spiro atoms. The van der Waals surface area contributed by atoms with E-state index < -0.39 is 0 Å². The second-order valence-corrected chi connectivity index (χ2v) is 18.6. The molecule has 0 bridgehead atoms. The van der Waals surface area contributed by atoms with Gasteiger partial charge in [0.05, 0.1) is 9.16 Å². The summed E-state index contributed by atoms with van der Waals surface area (Å²) >= 11 is 22.6. The molecule has 1 saturated carbocycles. The van der Waals surface area contributed by atoms with Crippen LogP contribution in [0.5, 0.6) is 0 Å². The van der Waals surface area contributed by atoms with Gasteiger partial charge in [0.2, 0.25) is 0 Å². The molecular weight excluding hydrogens is 545 g/mol. The summed E-state index contributed by atoms with van der Waals surface area (Å²) in [6.45, 7) is 4.73. The van der Waals surface area contributed by atoms with Gasteiger partial charge in [0.15, 0.2) is 0 Å². The van der Waals surface area contributed by atoms with Crippen molar-refractivity contribution in [1.29, 1.82) is 0 Å². The lowest BCUT2D eigenvalue weighted by molar-refractivity contribution is 0.315. The first-order valence-corrected chi connectivity index (χ1v) is 20.0. The van der Waals surface area contributed by atoms with Crippen molar-refractivity contribution in [1.82, 2.24) is 0 Å². The summed E-state index contributed by atoms with van der Waals surface area (Å²) in [5.74, 6) is 9.49. The normalized spacial score (nSPS) is 35.2. The van der Waals surface area contributed by atoms with Crippen molar-refractivity contribution in [3.05, 3.63) is 0 Å². The van der Waals surface area contributed by atoms with E-state index in [9.17, 15) is 0 Å². The molecule has 188 valence electrons. The molecule has 0 amide bonds. The average molecular weight is 589 g/mol. The maximum absolute atomic E-state index is 4.55. The van der Waals surface area contributed by atoms with E-state index in [-0.39, 0.29) is 0 Å². The fraction of sp³-hybridized carbons (Fsp3) is 1.00. The van der Waals surface area contributed by atoms with Gasteiger partial charge in [0.25, 0.3) is 0 Å². The maximum Gasteiger partial charge on any atom is 0.0624 e. The zero-order chi connectivity index (χ0) is 22.8. The summed E-state index contributed by atoms with van der Waals surface area (Å²) in [6, 6.07) is 0. The highest BCUT2D eigenvalue weighted by Gasteiger charge is 2.34. The topological polar surface area (TPSA) is 0 Å². The molecule has 6 unspecified atom stereocenters. The Kier molecular flexibility index (Phi) is 15.2. The summed E-state index contributed by atoms with van der Waals surface area (Å²) in [4.78, 5) is 0. The van der Waals surface area contributed by atoms with Crippen LogP contribution in [-0.2, 0) is 0 Å². The molecule has 0 radical (unpaired) electrons. The van der Waals surface area contributed by atoms with Crippen LogP contribution in [0.4, 0.5) is 0 Å². The van der Waals surface area contributed by atoms with E-state index in [1.165, 1.54) is 74.4 Å². The molecule has 6 atom stereocenters. The number of thioether (sulfide) groups is 6. The Morgan fingerprint density at radius 3 is 1.44 bits per heavy atom. The molecule has 1 aliphatic carbocycles. The molecule has 3 rings (SSSR count). The average Bonchev–Trinajstić information content (AvgIpc) is 3.50. The first-order valence-electron chi connectivity index (χ1n) is 12.7. The van der Waals surface area contributed by atoms with E-state index in [0.717, 1.165) is 53.5 Å². The molecule has 0 nitrogen and oxygen atoms in total. The molecule has 3 aliphatic rings. The smallest absolute Gasteiger partial charge is 0.0624 e. The summed E-state index contributed by atoms with van der Waals surface area (Å²) in [5, 5.41) is 3.26. The van der Waals surface area contributed by atoms with Crippen LogP contribution < -0.4 is 0 Å². The van der Waals surface area contributed by atoms with Gasteiger partial charge < -0.3 is 0 Å². The summed E-state index contributed by atoms with van der Waals surface area (Å²) in [7, 11) is 0. The van der Waals surface area contributed by atoms with Crippen molar-refractivity contribution in [2.45, 2.75) is 95.4 Å². The molecule has 0 aromatic rings. The number of hydrogen-bond donors (Lipinski definition) is 2. The zero-order valence-electron chi connectivity index (χ0n) is 19.9. The van der Waals surface area contributed by atoms with Gasteiger partial charge in [-0.05, 0) is 61.9 Å². The van der Waals surface area contributed by atoms with E-state index in [2.05, 4.69) is 110 Å². The molecule has 32 heavy (non-hydrogen) atoms. The molecule has 3 fully saturated rings. The second kappa shape index (κ2) is 16.6. The van der Waals surface area contributed by atoms with Crippen LogP contribution in [0.25, 0.3) is 0 Å². The molecule has 2 heterocycles. The van der Waals surface area contributed by atoms with Gasteiger partial charge in [-0.1, -0.05) is 26.7 Å². The van der Waals surface area contributed by atoms with E-state index in [1.807, 2.05) is 0 Å². The highest BCUT2D eigenvalue weighted by atomic mass is 32.2. The van der Waals surface area contributed by atoms with Crippen molar-refractivity contribution in [3.63, 3.8) is 0 Å². The van der Waals surface area contributed by atoms with Gasteiger partial charge in [-0.25, -0.2) is 0 Å². The highest BCUT2D eigenvalue weighted by Crippen LogP contribution is 2.47. The maximum atomic E-state index is 4.55. The van der Waals surface area contributed by atoms with Crippen molar-refractivity contribution >= 4 is 95.8 Å². The van der Waals surface area contributed by atoms with E-state index in [4.69, 9.17) is 0 Å². The molecule has 0 aromatic carbocycles. The molecule has 2 aliphatic heterocycles. The fourth-order valence-corrected chi connectivity index (χ4v) is 17.0. The Labute approximate surface area is 235 Å². The number of hydrogen-bond acceptors (Lipinski definition) is 8. The SMILES string of the molecule is CCCC(SCC1CCC(CSC(CCC)C2SCC(CS)S2)CC1)C1SCC(CS)S1. The van der Waals surface area contributed by atoms with Crippen molar-refractivity contribution < 1.29 is 0 Å². The van der Waals surface area contributed by atoms with Crippen LogP contribution in [0, 0.1) is 11.8 Å². The van der Waals surface area contributed by atoms with E-state index >= 15 is 0 Å². The standard InChI is InChI=1S/C24H44S8/c1-3-5-21(23-29-15-19(11-25)31-23)27-13-17-7-9-18(10-8-17)14-28-22(6-4-2)24-30-16-20(12-26)32-24/h17-26H,3-16H2,1-2H3. The third kappa shape index (κ3) is 9.59. The first kappa shape index (κ1) is 29.4. The molecule has 8 heteroatoms. The molecular formula is C24H44S8. The Balaban J connectivity index is 1.35. The fourth-order valence-electron chi connectivity index (χ4n) is 4.77. The third-order valence-electron chi connectivity index (χ3n) is 6.77. The van der Waals surface area contributed by atoms with Crippen molar-refractivity contribution in [3.8, 4) is 0 Å². The van der Waals surface area contributed by atoms with Crippen LogP contribution in [0.1, 0.15) is 65.2 Å². The predicted octanol–water partition coefficient (Wildman–Crippen LogP) is 8.81. The van der Waals surface area contributed by atoms with Crippen LogP contribution >= 0.6 is 95.8 Å². The van der Waals surface area contributed by atoms with Crippen LogP contribution in [0.3, 0.4) is 0 Å². The van der Waals surface area contributed by atoms with Crippen LogP contribution in [0.2, 0.25) is 0 Å². The van der Waals surface area contributed by atoms with Gasteiger partial charge in [-0.2, -0.15) is 48.8 Å². The minimum atomic E-state index is 0.780. The molecule has 0 aromatic heterocycles. The molecule has 0 N–H and O–H groups in total. The minimum Gasteiger partial charge on any atom is -0.178 e. The lowest BCUT2D eigenvalue weighted by atomic mass is 9.84. The highest BCUT2D eigenvalue weighted by molar-refractivity contribution is 8.22. The van der Waals surface area contributed by atoms with Crippen molar-refractivity contribution in [2.24, 2.45) is 11.8 Å². The number of rotatable bonds is 14. The third-order valence-corrected chi connectivity index (χ3v) is 19.1. The Morgan fingerprint density at radius 2 is 1.12 bits per heavy atom. The molecule has 2 saturated heterocycles. The Hall–Kier alpha value is 2.80. The number of thiol groups is 2. The lowest BCUT2D eigenvalue weighted by Gasteiger charge is -2.31. The van der Waals surface area contributed by atoms with E-state index in [0.29, 0.717) is 0 Å². The summed E-state index contributed by atoms with van der Waals surface area (Å²) < 4.78 is 1.63. The van der Waals surface area contributed by atoms with Crippen LogP contribution in [-0.4, -0.2) is 64.7 Å². The van der Waals surface area contributed by atoms with Crippen molar-refractivity contribution in [2.75, 3.05) is 34.5 Å².